The van der Waals surface area contributed by atoms with E-state index in [-0.39, 0.29) is 41.1 Å². The summed E-state index contributed by atoms with van der Waals surface area (Å²) in [5, 5.41) is 28.1. The Kier molecular flexibility index (Phi) is 9.26. The molecular weight excluding hydrogens is 606 g/mol. The fourth-order valence-corrected chi connectivity index (χ4v) is 5.13. The van der Waals surface area contributed by atoms with Crippen LogP contribution in [-0.4, -0.2) is 39.9 Å². The smallest absolute Gasteiger partial charge is 0.315 e. The van der Waals surface area contributed by atoms with E-state index in [0.717, 1.165) is 11.1 Å². The Bertz CT molecular complexity index is 2110. The quantitative estimate of drug-likeness (QED) is 0.0862. The lowest BCUT2D eigenvalue weighted by Crippen LogP contribution is -2.21. The molecule has 0 aliphatic heterocycles. The maximum Gasteiger partial charge on any atom is 0.315 e. The maximum atomic E-state index is 13.8. The molecule has 1 aromatic heterocycles. The second-order valence-corrected chi connectivity index (χ2v) is 10.9. The lowest BCUT2D eigenvalue weighted by Gasteiger charge is -2.17. The number of nitro benzene ring substituents is 2. The number of nitrogens with zero attached hydrogens (tertiary/aromatic N) is 5. The largest absolute Gasteiger partial charge is 0.496 e. The maximum absolute atomic E-state index is 13.8. The van der Waals surface area contributed by atoms with Crippen LogP contribution in [0.25, 0.3) is 22.3 Å². The van der Waals surface area contributed by atoms with E-state index in [1.807, 2.05) is 32.9 Å². The number of aryl methyl sites for hydroxylation is 1. The summed E-state index contributed by atoms with van der Waals surface area (Å²) in [6, 6.07) is 19.2. The number of para-hydroxylation sites is 1. The molecule has 1 heterocycles. The van der Waals surface area contributed by atoms with Crippen molar-refractivity contribution in [3.05, 3.63) is 126 Å². The van der Waals surface area contributed by atoms with Gasteiger partial charge in [-0.2, -0.15) is 9.78 Å². The SMILES string of the molecule is COc1cc(C)c(-c2nc3ccccc3c(=O)n2N=Cc2cc(OC)c(OCc3cccc([N+](=O)[O-])c3)c([N+](=O)[O-])c2)cc1C(C)C. The van der Waals surface area contributed by atoms with E-state index in [2.05, 4.69) is 5.10 Å². The van der Waals surface area contributed by atoms with Gasteiger partial charge in [-0.05, 0) is 59.9 Å². The minimum Gasteiger partial charge on any atom is -0.496 e. The molecule has 5 aromatic rings. The lowest BCUT2D eigenvalue weighted by molar-refractivity contribution is -0.386. The minimum absolute atomic E-state index is 0.0304. The molecule has 0 bridgehead atoms. The molecule has 0 fully saturated rings. The van der Waals surface area contributed by atoms with Crippen molar-refractivity contribution in [1.29, 1.82) is 0 Å². The van der Waals surface area contributed by atoms with Crippen molar-refractivity contribution < 1.29 is 24.1 Å². The third kappa shape index (κ3) is 6.64. The number of methoxy groups -OCH3 is 2. The standard InChI is InChI=1S/C34H31N5O8/c1-20(2)26-17-27(21(3)13-30(26)45-4)33-36-28-12-7-6-11-25(28)34(40)37(33)35-18-23-15-29(39(43)44)32(31(16-23)46-5)47-19-22-9-8-10-24(14-22)38(41)42/h6-18,20H,19H2,1-5H3. The highest BCUT2D eigenvalue weighted by Gasteiger charge is 2.23. The lowest BCUT2D eigenvalue weighted by atomic mass is 9.96. The Morgan fingerprint density at radius 1 is 0.936 bits per heavy atom. The Balaban J connectivity index is 1.61. The normalized spacial score (nSPS) is 11.3. The van der Waals surface area contributed by atoms with E-state index in [4.69, 9.17) is 19.2 Å². The Morgan fingerprint density at radius 3 is 2.36 bits per heavy atom. The van der Waals surface area contributed by atoms with Gasteiger partial charge in [0, 0.05) is 29.3 Å². The molecule has 0 N–H and O–H groups in total. The number of nitro groups is 2. The average Bonchev–Trinajstić information content (AvgIpc) is 3.06. The van der Waals surface area contributed by atoms with Crippen molar-refractivity contribution in [2.24, 2.45) is 5.10 Å². The van der Waals surface area contributed by atoms with Gasteiger partial charge in [-0.25, -0.2) is 4.98 Å². The Hall–Kier alpha value is -6.11. The second kappa shape index (κ2) is 13.5. The van der Waals surface area contributed by atoms with Crippen LogP contribution >= 0.6 is 0 Å². The van der Waals surface area contributed by atoms with Crippen molar-refractivity contribution in [3.8, 4) is 28.6 Å². The zero-order valence-corrected chi connectivity index (χ0v) is 26.3. The van der Waals surface area contributed by atoms with Crippen molar-refractivity contribution >= 4 is 28.5 Å². The van der Waals surface area contributed by atoms with E-state index < -0.39 is 21.1 Å². The van der Waals surface area contributed by atoms with Gasteiger partial charge in [0.1, 0.15) is 12.4 Å². The third-order valence-corrected chi connectivity index (χ3v) is 7.49. The molecule has 5 rings (SSSR count). The number of benzene rings is 4. The van der Waals surface area contributed by atoms with Crippen molar-refractivity contribution in [2.75, 3.05) is 14.2 Å². The van der Waals surface area contributed by atoms with Crippen LogP contribution in [0.4, 0.5) is 11.4 Å². The van der Waals surface area contributed by atoms with Crippen LogP contribution in [0.1, 0.15) is 42.0 Å². The highest BCUT2D eigenvalue weighted by atomic mass is 16.6. The first-order chi connectivity index (χ1) is 22.5. The summed E-state index contributed by atoms with van der Waals surface area (Å²) in [6.45, 7) is 5.77. The number of ether oxygens (including phenoxy) is 3. The van der Waals surface area contributed by atoms with Crippen molar-refractivity contribution in [2.45, 2.75) is 33.3 Å². The molecule has 13 heteroatoms. The summed E-state index contributed by atoms with van der Waals surface area (Å²) in [5.74, 6) is 0.973. The van der Waals surface area contributed by atoms with E-state index in [1.54, 1.807) is 37.4 Å². The van der Waals surface area contributed by atoms with E-state index >= 15 is 0 Å². The molecule has 0 radical (unpaired) electrons. The summed E-state index contributed by atoms with van der Waals surface area (Å²) >= 11 is 0. The fraction of sp³-hybridized carbons (Fsp3) is 0.206. The van der Waals surface area contributed by atoms with Crippen LogP contribution in [0.2, 0.25) is 0 Å². The van der Waals surface area contributed by atoms with Crippen LogP contribution in [0.5, 0.6) is 17.2 Å². The monoisotopic (exact) mass is 637 g/mol. The molecule has 0 saturated carbocycles. The first kappa shape index (κ1) is 32.3. The molecule has 0 spiro atoms. The molecule has 0 unspecified atom stereocenters. The number of hydrogen-bond donors (Lipinski definition) is 0. The second-order valence-electron chi connectivity index (χ2n) is 10.9. The van der Waals surface area contributed by atoms with E-state index in [9.17, 15) is 25.0 Å². The van der Waals surface area contributed by atoms with Crippen LogP contribution in [0, 0.1) is 27.2 Å². The molecule has 240 valence electrons. The van der Waals surface area contributed by atoms with Crippen LogP contribution in [-0.2, 0) is 6.61 Å². The number of hydrogen-bond acceptors (Lipinski definition) is 10. The van der Waals surface area contributed by atoms with Gasteiger partial charge >= 0.3 is 5.69 Å². The third-order valence-electron chi connectivity index (χ3n) is 7.49. The average molecular weight is 638 g/mol. The van der Waals surface area contributed by atoms with Gasteiger partial charge in [0.2, 0.25) is 5.75 Å². The molecule has 4 aromatic carbocycles. The summed E-state index contributed by atoms with van der Waals surface area (Å²) < 4.78 is 18.0. The molecule has 0 saturated heterocycles. The molecule has 0 aliphatic carbocycles. The Morgan fingerprint density at radius 2 is 1.68 bits per heavy atom. The molecule has 0 amide bonds. The zero-order chi connectivity index (χ0) is 33.8. The highest BCUT2D eigenvalue weighted by Crippen LogP contribution is 2.39. The van der Waals surface area contributed by atoms with Crippen molar-refractivity contribution in [3.63, 3.8) is 0 Å². The Labute approximate surface area is 269 Å². The highest BCUT2D eigenvalue weighted by molar-refractivity contribution is 5.84. The molecule has 0 atom stereocenters. The predicted molar refractivity (Wildman–Crippen MR) is 177 cm³/mol. The summed E-state index contributed by atoms with van der Waals surface area (Å²) in [4.78, 5) is 40.8. The van der Waals surface area contributed by atoms with E-state index in [0.29, 0.717) is 27.8 Å². The summed E-state index contributed by atoms with van der Waals surface area (Å²) in [7, 11) is 2.93. The van der Waals surface area contributed by atoms with Gasteiger partial charge in [-0.3, -0.25) is 25.0 Å². The fourth-order valence-electron chi connectivity index (χ4n) is 5.13. The molecule has 13 nitrogen and oxygen atoms in total. The molecule has 47 heavy (non-hydrogen) atoms. The first-order valence-corrected chi connectivity index (χ1v) is 14.5. The van der Waals surface area contributed by atoms with Gasteiger partial charge in [-0.1, -0.05) is 38.1 Å². The van der Waals surface area contributed by atoms with E-state index in [1.165, 1.54) is 48.3 Å². The summed E-state index contributed by atoms with van der Waals surface area (Å²) in [5.41, 5.74) is 2.58. The summed E-state index contributed by atoms with van der Waals surface area (Å²) in [6.07, 6.45) is 1.31. The minimum atomic E-state index is -0.633. The van der Waals surface area contributed by atoms with Gasteiger partial charge in [0.25, 0.3) is 11.2 Å². The number of rotatable bonds is 11. The predicted octanol–water partition coefficient (Wildman–Crippen LogP) is 6.79. The van der Waals surface area contributed by atoms with Crippen LogP contribution in [0.3, 0.4) is 0 Å². The van der Waals surface area contributed by atoms with Gasteiger partial charge in [0.05, 0.1) is 41.2 Å². The molecule has 0 aliphatic rings. The van der Waals surface area contributed by atoms with Gasteiger partial charge < -0.3 is 14.2 Å². The topological polar surface area (TPSA) is 161 Å². The van der Waals surface area contributed by atoms with Gasteiger partial charge in [0.15, 0.2) is 11.6 Å². The number of aromatic nitrogens is 2. The van der Waals surface area contributed by atoms with Gasteiger partial charge in [-0.15, -0.1) is 0 Å². The zero-order valence-electron chi connectivity index (χ0n) is 26.3. The first-order valence-electron chi connectivity index (χ1n) is 14.5. The number of fused-ring (bicyclic) bond motifs is 1. The molecular formula is C34H31N5O8. The van der Waals surface area contributed by atoms with Crippen molar-refractivity contribution in [1.82, 2.24) is 9.66 Å². The number of non-ortho nitro benzene ring substituents is 1. The van der Waals surface area contributed by atoms with Crippen LogP contribution in [0.15, 0.2) is 82.7 Å². The van der Waals surface area contributed by atoms with Crippen LogP contribution < -0.4 is 19.8 Å².